The molecule has 0 saturated heterocycles. The van der Waals surface area contributed by atoms with Crippen LogP contribution in [0.2, 0.25) is 0 Å². The van der Waals surface area contributed by atoms with E-state index in [1.54, 1.807) is 0 Å². The van der Waals surface area contributed by atoms with Gasteiger partial charge in [-0.05, 0) is 31.6 Å². The van der Waals surface area contributed by atoms with Crippen molar-refractivity contribution in [2.24, 2.45) is 11.8 Å². The fourth-order valence-corrected chi connectivity index (χ4v) is 3.03. The van der Waals surface area contributed by atoms with E-state index in [2.05, 4.69) is 6.92 Å². The maximum absolute atomic E-state index is 12.4. The Kier molecular flexibility index (Phi) is 4.43. The lowest BCUT2D eigenvalue weighted by Crippen LogP contribution is -2.45. The Labute approximate surface area is 104 Å². The molecule has 0 bridgehead atoms. The van der Waals surface area contributed by atoms with E-state index in [0.717, 1.165) is 12.8 Å². The summed E-state index contributed by atoms with van der Waals surface area (Å²) in [6, 6.07) is 0.393. The summed E-state index contributed by atoms with van der Waals surface area (Å²) in [7, 11) is 0. The van der Waals surface area contributed by atoms with E-state index in [1.807, 2.05) is 4.90 Å². The zero-order valence-corrected chi connectivity index (χ0v) is 10.9. The molecule has 2 aliphatic rings. The molecule has 3 heteroatoms. The van der Waals surface area contributed by atoms with Crippen LogP contribution >= 0.6 is 0 Å². The molecule has 3 nitrogen and oxygen atoms in total. The molecule has 0 spiro atoms. The Balaban J connectivity index is 1.96. The molecule has 0 aromatic rings. The van der Waals surface area contributed by atoms with Gasteiger partial charge in [-0.1, -0.05) is 26.2 Å². The lowest BCUT2D eigenvalue weighted by Gasteiger charge is -2.35. The lowest BCUT2D eigenvalue weighted by atomic mass is 9.92. The molecule has 1 N–H and O–H groups in total. The van der Waals surface area contributed by atoms with Gasteiger partial charge in [0, 0.05) is 18.5 Å². The van der Waals surface area contributed by atoms with Gasteiger partial charge in [0.05, 0.1) is 6.61 Å². The summed E-state index contributed by atoms with van der Waals surface area (Å²) in [6.07, 6.45) is 8.45. The van der Waals surface area contributed by atoms with Crippen molar-refractivity contribution < 1.29 is 9.90 Å². The molecule has 0 aromatic heterocycles. The van der Waals surface area contributed by atoms with Gasteiger partial charge in [-0.15, -0.1) is 0 Å². The number of carbonyl (C=O) groups excluding carboxylic acids is 1. The van der Waals surface area contributed by atoms with Gasteiger partial charge < -0.3 is 10.0 Å². The summed E-state index contributed by atoms with van der Waals surface area (Å²) in [6.45, 7) is 2.69. The molecule has 2 saturated carbocycles. The van der Waals surface area contributed by atoms with Crippen molar-refractivity contribution in [2.45, 2.75) is 57.9 Å². The highest BCUT2D eigenvalue weighted by atomic mass is 16.3. The van der Waals surface area contributed by atoms with E-state index >= 15 is 0 Å². The summed E-state index contributed by atoms with van der Waals surface area (Å²) in [4.78, 5) is 14.4. The third-order valence-electron chi connectivity index (χ3n) is 4.36. The number of nitrogens with zero attached hydrogens (tertiary/aromatic N) is 1. The molecule has 1 amide bonds. The standard InChI is InChI=1S/C14H25NO2/c1-11(12-7-8-12)14(17)15(9-10-16)13-5-3-2-4-6-13/h11-13,16H,2-10H2,1H3. The van der Waals surface area contributed by atoms with Crippen LogP contribution in [0.3, 0.4) is 0 Å². The van der Waals surface area contributed by atoms with Crippen LogP contribution in [0.15, 0.2) is 0 Å². The maximum atomic E-state index is 12.4. The van der Waals surface area contributed by atoms with Crippen LogP contribution in [-0.4, -0.2) is 35.1 Å². The van der Waals surface area contributed by atoms with Crippen LogP contribution in [0, 0.1) is 11.8 Å². The van der Waals surface area contributed by atoms with Crippen molar-refractivity contribution in [3.05, 3.63) is 0 Å². The van der Waals surface area contributed by atoms with E-state index < -0.39 is 0 Å². The average Bonchev–Trinajstić information content (AvgIpc) is 3.19. The first kappa shape index (κ1) is 12.9. The molecule has 2 rings (SSSR count). The predicted octanol–water partition coefficient (Wildman–Crippen LogP) is 2.19. The summed E-state index contributed by atoms with van der Waals surface area (Å²) < 4.78 is 0. The van der Waals surface area contributed by atoms with E-state index in [0.29, 0.717) is 18.5 Å². The van der Waals surface area contributed by atoms with Crippen molar-refractivity contribution in [3.63, 3.8) is 0 Å². The van der Waals surface area contributed by atoms with E-state index in [1.165, 1.54) is 32.1 Å². The molecule has 98 valence electrons. The Morgan fingerprint density at radius 2 is 1.88 bits per heavy atom. The minimum atomic E-state index is 0.0969. The molecule has 1 atom stereocenters. The second kappa shape index (κ2) is 5.85. The molecular weight excluding hydrogens is 214 g/mol. The third kappa shape index (κ3) is 3.21. The Morgan fingerprint density at radius 1 is 1.24 bits per heavy atom. The Hall–Kier alpha value is -0.570. The highest BCUT2D eigenvalue weighted by molar-refractivity contribution is 5.79. The van der Waals surface area contributed by atoms with Crippen LogP contribution in [0.1, 0.15) is 51.9 Å². The molecule has 17 heavy (non-hydrogen) atoms. The predicted molar refractivity (Wildman–Crippen MR) is 67.6 cm³/mol. The second-order valence-electron chi connectivity index (χ2n) is 5.67. The van der Waals surface area contributed by atoms with Crippen molar-refractivity contribution in [1.82, 2.24) is 4.90 Å². The third-order valence-corrected chi connectivity index (χ3v) is 4.36. The summed E-state index contributed by atoms with van der Waals surface area (Å²) >= 11 is 0. The zero-order chi connectivity index (χ0) is 12.3. The zero-order valence-electron chi connectivity index (χ0n) is 10.9. The molecule has 1 unspecified atom stereocenters. The SMILES string of the molecule is CC(C(=O)N(CCO)C1CCCCC1)C1CC1. The molecular formula is C14H25NO2. The number of hydrogen-bond donors (Lipinski definition) is 1. The van der Waals surface area contributed by atoms with Gasteiger partial charge >= 0.3 is 0 Å². The molecule has 0 heterocycles. The van der Waals surface area contributed by atoms with Crippen molar-refractivity contribution in [1.29, 1.82) is 0 Å². The monoisotopic (exact) mass is 239 g/mol. The van der Waals surface area contributed by atoms with E-state index in [4.69, 9.17) is 5.11 Å². The van der Waals surface area contributed by atoms with Crippen LogP contribution in [0.25, 0.3) is 0 Å². The van der Waals surface area contributed by atoms with Crippen LogP contribution < -0.4 is 0 Å². The van der Waals surface area contributed by atoms with Gasteiger partial charge in [-0.2, -0.15) is 0 Å². The second-order valence-corrected chi connectivity index (χ2v) is 5.67. The lowest BCUT2D eigenvalue weighted by molar-refractivity contribution is -0.139. The Morgan fingerprint density at radius 3 is 2.41 bits per heavy atom. The first-order valence-electron chi connectivity index (χ1n) is 7.15. The largest absolute Gasteiger partial charge is 0.395 e. The first-order chi connectivity index (χ1) is 8.24. The van der Waals surface area contributed by atoms with Crippen molar-refractivity contribution >= 4 is 5.91 Å². The summed E-state index contributed by atoms with van der Waals surface area (Å²) in [5.74, 6) is 1.07. The molecule has 2 fully saturated rings. The van der Waals surface area contributed by atoms with Gasteiger partial charge in [0.1, 0.15) is 0 Å². The highest BCUT2D eigenvalue weighted by Crippen LogP contribution is 2.38. The Bertz CT molecular complexity index is 257. The number of aliphatic hydroxyl groups is 1. The van der Waals surface area contributed by atoms with Crippen molar-refractivity contribution in [3.8, 4) is 0 Å². The highest BCUT2D eigenvalue weighted by Gasteiger charge is 2.36. The molecule has 0 aromatic carbocycles. The van der Waals surface area contributed by atoms with Gasteiger partial charge in [0.25, 0.3) is 0 Å². The molecule has 0 radical (unpaired) electrons. The van der Waals surface area contributed by atoms with Gasteiger partial charge in [-0.25, -0.2) is 0 Å². The minimum Gasteiger partial charge on any atom is -0.395 e. The molecule has 2 aliphatic carbocycles. The van der Waals surface area contributed by atoms with Gasteiger partial charge in [0.2, 0.25) is 5.91 Å². The van der Waals surface area contributed by atoms with E-state index in [9.17, 15) is 4.79 Å². The fraction of sp³-hybridized carbons (Fsp3) is 0.929. The van der Waals surface area contributed by atoms with E-state index in [-0.39, 0.29) is 18.4 Å². The topological polar surface area (TPSA) is 40.5 Å². The first-order valence-corrected chi connectivity index (χ1v) is 7.15. The summed E-state index contributed by atoms with van der Waals surface area (Å²) in [5, 5.41) is 9.16. The van der Waals surface area contributed by atoms with Crippen LogP contribution in [-0.2, 0) is 4.79 Å². The quantitative estimate of drug-likeness (QED) is 0.799. The number of rotatable bonds is 5. The number of carbonyl (C=O) groups is 1. The smallest absolute Gasteiger partial charge is 0.226 e. The number of amides is 1. The van der Waals surface area contributed by atoms with Crippen molar-refractivity contribution in [2.75, 3.05) is 13.2 Å². The average molecular weight is 239 g/mol. The fourth-order valence-electron chi connectivity index (χ4n) is 3.03. The molecule has 0 aliphatic heterocycles. The normalized spacial score (nSPS) is 23.4. The van der Waals surface area contributed by atoms with Gasteiger partial charge in [0.15, 0.2) is 0 Å². The minimum absolute atomic E-state index is 0.0969. The van der Waals surface area contributed by atoms with Crippen LogP contribution in [0.5, 0.6) is 0 Å². The summed E-state index contributed by atoms with van der Waals surface area (Å²) in [5.41, 5.74) is 0. The maximum Gasteiger partial charge on any atom is 0.226 e. The van der Waals surface area contributed by atoms with Gasteiger partial charge in [-0.3, -0.25) is 4.79 Å². The van der Waals surface area contributed by atoms with Crippen LogP contribution in [0.4, 0.5) is 0 Å². The number of hydrogen-bond acceptors (Lipinski definition) is 2. The number of aliphatic hydroxyl groups excluding tert-OH is 1.